The van der Waals surface area contributed by atoms with Gasteiger partial charge in [0.15, 0.2) is 5.82 Å². The van der Waals surface area contributed by atoms with Crippen molar-refractivity contribution in [2.75, 3.05) is 0 Å². The minimum atomic E-state index is 0.689. The lowest BCUT2D eigenvalue weighted by atomic mass is 9.92. The van der Waals surface area contributed by atoms with Crippen LogP contribution in [0.2, 0.25) is 0 Å². The van der Waals surface area contributed by atoms with Crippen LogP contribution in [0.1, 0.15) is 0 Å². The highest BCUT2D eigenvalue weighted by Gasteiger charge is 2.20. The molecule has 0 aliphatic carbocycles. The summed E-state index contributed by atoms with van der Waals surface area (Å²) in [5.41, 5.74) is 10.1. The summed E-state index contributed by atoms with van der Waals surface area (Å²) in [5, 5.41) is 8.57. The molecule has 0 unspecified atom stereocenters. The molecule has 256 valence electrons. The number of pyridine rings is 1. The third-order valence-electron chi connectivity index (χ3n) is 10.7. The molecule has 0 amide bonds. The number of hydrogen-bond donors (Lipinski definition) is 0. The van der Waals surface area contributed by atoms with E-state index in [1.165, 1.54) is 52.8 Å². The third-order valence-corrected chi connectivity index (χ3v) is 11.9. The van der Waals surface area contributed by atoms with Crippen LogP contribution >= 0.6 is 11.3 Å². The van der Waals surface area contributed by atoms with Crippen LogP contribution in [0.3, 0.4) is 0 Å². The fourth-order valence-corrected chi connectivity index (χ4v) is 9.29. The van der Waals surface area contributed by atoms with Crippen molar-refractivity contribution in [2.45, 2.75) is 0 Å². The molecule has 3 nitrogen and oxygen atoms in total. The fourth-order valence-electron chi connectivity index (χ4n) is 8.06. The summed E-state index contributed by atoms with van der Waals surface area (Å²) in [5.74, 6) is 0.689. The maximum Gasteiger partial charge on any atom is 0.160 e. The predicted molar refractivity (Wildman–Crippen MR) is 232 cm³/mol. The van der Waals surface area contributed by atoms with Crippen LogP contribution in [0.5, 0.6) is 0 Å². The van der Waals surface area contributed by atoms with Crippen LogP contribution in [-0.2, 0) is 0 Å². The van der Waals surface area contributed by atoms with Crippen molar-refractivity contribution in [3.63, 3.8) is 0 Å². The number of thiophene rings is 1. The van der Waals surface area contributed by atoms with Crippen molar-refractivity contribution in [3.8, 4) is 56.3 Å². The SMILES string of the molecule is c1ccc(-c2cc(-c3cccc4c3nc(-c3ccc(-c5cc6ccccc6c6ccccc56)cc3)c3c5ccccc5sc43)nc(-c3ccccc3)n2)cc1. The normalized spacial score (nSPS) is 11.6. The molecule has 4 heteroatoms. The van der Waals surface area contributed by atoms with E-state index in [4.69, 9.17) is 15.0 Å². The Morgan fingerprint density at radius 3 is 1.78 bits per heavy atom. The van der Waals surface area contributed by atoms with Crippen LogP contribution in [0, 0.1) is 0 Å². The van der Waals surface area contributed by atoms with Gasteiger partial charge in [-0.1, -0.05) is 170 Å². The predicted octanol–water partition coefficient (Wildman–Crippen LogP) is 14.0. The lowest BCUT2D eigenvalue weighted by molar-refractivity contribution is 1.18. The van der Waals surface area contributed by atoms with Crippen LogP contribution in [0.4, 0.5) is 0 Å². The van der Waals surface area contributed by atoms with Gasteiger partial charge in [0.1, 0.15) is 0 Å². The van der Waals surface area contributed by atoms with Gasteiger partial charge in [-0.25, -0.2) is 15.0 Å². The van der Waals surface area contributed by atoms with E-state index < -0.39 is 0 Å². The van der Waals surface area contributed by atoms with Crippen LogP contribution in [-0.4, -0.2) is 15.0 Å². The quantitative estimate of drug-likeness (QED) is 0.166. The van der Waals surface area contributed by atoms with Gasteiger partial charge < -0.3 is 0 Å². The summed E-state index contributed by atoms with van der Waals surface area (Å²) in [7, 11) is 0. The van der Waals surface area contributed by atoms with Crippen molar-refractivity contribution in [1.82, 2.24) is 15.0 Å². The van der Waals surface area contributed by atoms with E-state index in [1.807, 2.05) is 35.6 Å². The van der Waals surface area contributed by atoms with Gasteiger partial charge in [-0.15, -0.1) is 11.3 Å². The Hall–Kier alpha value is -7.01. The van der Waals surface area contributed by atoms with Crippen molar-refractivity contribution < 1.29 is 0 Å². The van der Waals surface area contributed by atoms with Gasteiger partial charge >= 0.3 is 0 Å². The molecule has 0 N–H and O–H groups in total. The van der Waals surface area contributed by atoms with E-state index in [0.717, 1.165) is 50.2 Å². The van der Waals surface area contributed by atoms with Gasteiger partial charge in [-0.05, 0) is 50.9 Å². The average Bonchev–Trinajstić information content (AvgIpc) is 3.66. The van der Waals surface area contributed by atoms with Gasteiger partial charge in [-0.3, -0.25) is 0 Å². The zero-order valence-corrected chi connectivity index (χ0v) is 30.5. The molecule has 0 radical (unpaired) electrons. The summed E-state index contributed by atoms with van der Waals surface area (Å²) in [6.45, 7) is 0. The number of para-hydroxylation sites is 1. The average molecular weight is 718 g/mol. The number of hydrogen-bond acceptors (Lipinski definition) is 4. The van der Waals surface area contributed by atoms with Crippen molar-refractivity contribution in [2.24, 2.45) is 0 Å². The molecule has 0 spiro atoms. The monoisotopic (exact) mass is 717 g/mol. The molecule has 0 aliphatic rings. The molecular formula is C51H31N3S. The first-order valence-electron chi connectivity index (χ1n) is 18.5. The summed E-state index contributed by atoms with van der Waals surface area (Å²) in [6, 6.07) is 66.6. The second kappa shape index (κ2) is 12.8. The summed E-state index contributed by atoms with van der Waals surface area (Å²) >= 11 is 1.83. The number of fused-ring (bicyclic) bond motifs is 8. The van der Waals surface area contributed by atoms with Gasteiger partial charge in [0, 0.05) is 47.8 Å². The molecule has 11 rings (SSSR count). The van der Waals surface area contributed by atoms with E-state index in [0.29, 0.717) is 5.82 Å². The van der Waals surface area contributed by atoms with Gasteiger partial charge in [-0.2, -0.15) is 0 Å². The van der Waals surface area contributed by atoms with Gasteiger partial charge in [0.2, 0.25) is 0 Å². The maximum absolute atomic E-state index is 5.62. The Labute approximate surface area is 321 Å². The Kier molecular flexibility index (Phi) is 7.35. The summed E-state index contributed by atoms with van der Waals surface area (Å²) in [6.07, 6.45) is 0. The van der Waals surface area contributed by atoms with E-state index >= 15 is 0 Å². The lowest BCUT2D eigenvalue weighted by Gasteiger charge is -2.14. The second-order valence-corrected chi connectivity index (χ2v) is 15.0. The molecule has 0 bridgehead atoms. The molecule has 55 heavy (non-hydrogen) atoms. The molecule has 8 aromatic carbocycles. The van der Waals surface area contributed by atoms with E-state index in [1.54, 1.807) is 0 Å². The Balaban J connectivity index is 1.14. The van der Waals surface area contributed by atoms with Crippen molar-refractivity contribution in [3.05, 3.63) is 188 Å². The Morgan fingerprint density at radius 1 is 0.364 bits per heavy atom. The Morgan fingerprint density at radius 2 is 0.982 bits per heavy atom. The zero-order valence-electron chi connectivity index (χ0n) is 29.6. The third kappa shape index (κ3) is 5.30. The minimum Gasteiger partial charge on any atom is -0.246 e. The number of rotatable bonds is 5. The molecule has 0 fully saturated rings. The first-order valence-corrected chi connectivity index (χ1v) is 19.3. The smallest absolute Gasteiger partial charge is 0.160 e. The van der Waals surface area contributed by atoms with Gasteiger partial charge in [0.25, 0.3) is 0 Å². The van der Waals surface area contributed by atoms with E-state index in [2.05, 4.69) is 164 Å². The standard InChI is InChI=1S/C51H31N3S/c1-3-14-33(15-4-1)44-31-45(53-51(52-44)35-16-5-2-6-17-35)40-23-13-24-42-49(40)54-48(47-41-22-11-12-25-46(41)55-50(42)47)34-28-26-32(27-29-34)43-30-36-18-7-8-19-37(36)38-20-9-10-21-39(38)43/h1-31H. The maximum atomic E-state index is 5.62. The number of benzene rings is 8. The second-order valence-electron chi connectivity index (χ2n) is 13.9. The largest absolute Gasteiger partial charge is 0.246 e. The van der Waals surface area contributed by atoms with E-state index in [9.17, 15) is 0 Å². The molecular weight excluding hydrogens is 687 g/mol. The molecule has 0 saturated heterocycles. The van der Waals surface area contributed by atoms with Crippen LogP contribution < -0.4 is 0 Å². The fraction of sp³-hybridized carbons (Fsp3) is 0. The highest BCUT2D eigenvalue weighted by molar-refractivity contribution is 7.26. The summed E-state index contributed by atoms with van der Waals surface area (Å²) < 4.78 is 2.48. The molecule has 3 aromatic heterocycles. The molecule has 0 atom stereocenters. The zero-order chi connectivity index (χ0) is 36.3. The highest BCUT2D eigenvalue weighted by atomic mass is 32.1. The molecule has 3 heterocycles. The van der Waals surface area contributed by atoms with Crippen molar-refractivity contribution in [1.29, 1.82) is 0 Å². The topological polar surface area (TPSA) is 38.7 Å². The lowest BCUT2D eigenvalue weighted by Crippen LogP contribution is -1.97. The van der Waals surface area contributed by atoms with Gasteiger partial charge in [0.05, 0.1) is 22.6 Å². The highest BCUT2D eigenvalue weighted by Crippen LogP contribution is 2.45. The first-order chi connectivity index (χ1) is 27.3. The molecule has 0 aliphatic heterocycles. The molecule has 11 aromatic rings. The number of nitrogens with zero attached hydrogens (tertiary/aromatic N) is 3. The first kappa shape index (κ1) is 31.5. The van der Waals surface area contributed by atoms with Crippen LogP contribution in [0.15, 0.2) is 188 Å². The van der Waals surface area contributed by atoms with Crippen molar-refractivity contribution >= 4 is 64.0 Å². The number of aromatic nitrogens is 3. The van der Waals surface area contributed by atoms with E-state index in [-0.39, 0.29) is 0 Å². The summed E-state index contributed by atoms with van der Waals surface area (Å²) in [4.78, 5) is 15.9. The molecule has 0 saturated carbocycles. The Bertz CT molecular complexity index is 3180. The minimum absolute atomic E-state index is 0.689. The van der Waals surface area contributed by atoms with Crippen LogP contribution in [0.25, 0.3) is 109 Å².